The highest BCUT2D eigenvalue weighted by molar-refractivity contribution is 6.01. The summed E-state index contributed by atoms with van der Waals surface area (Å²) >= 11 is 0. The lowest BCUT2D eigenvalue weighted by atomic mass is 9.69. The second-order valence-corrected chi connectivity index (χ2v) is 16.4. The molecule has 3 amide bonds. The van der Waals surface area contributed by atoms with Gasteiger partial charge in [0.15, 0.2) is 0 Å². The van der Waals surface area contributed by atoms with Crippen LogP contribution in [-0.2, 0) is 22.6 Å². The molecule has 0 unspecified atom stereocenters. The molecule has 284 valence electrons. The standard InChI is InChI=1S/C46H51N5O4/c52-39-13-16-41-34(27-39)8-14-40(32-4-2-1-3-5-32)44(41)33-6-10-37(11-7-33)49-20-18-31(19-21-49)28-48-22-24-50(25-23-48)38-12-15-42-36(26-38)30-51(46(42)55)29-35-9-17-43(53)47-45(35)54/h1-7,10-13,15-16,26-27,31,35,40,44,52H,8-9,14,17-25,28-30H2,(H,47,53,54)/t35-,40+,44-/m0/s1. The van der Waals surface area contributed by atoms with Crippen LogP contribution in [0.2, 0.25) is 0 Å². The summed E-state index contributed by atoms with van der Waals surface area (Å²) in [7, 11) is 0. The lowest BCUT2D eigenvalue weighted by Gasteiger charge is -2.40. The largest absolute Gasteiger partial charge is 0.508 e. The number of phenolic OH excluding ortho intramolecular Hbond substituents is 1. The Hall–Kier alpha value is -5.15. The molecular formula is C46H51N5O4. The van der Waals surface area contributed by atoms with Crippen LogP contribution in [0.4, 0.5) is 11.4 Å². The maximum Gasteiger partial charge on any atom is 0.254 e. The molecule has 3 fully saturated rings. The van der Waals surface area contributed by atoms with Gasteiger partial charge in [-0.15, -0.1) is 0 Å². The molecule has 55 heavy (non-hydrogen) atoms. The first-order valence-electron chi connectivity index (χ1n) is 20.3. The first-order valence-corrected chi connectivity index (χ1v) is 20.3. The van der Waals surface area contributed by atoms with Crippen LogP contribution in [0, 0.1) is 11.8 Å². The maximum absolute atomic E-state index is 13.1. The highest BCUT2D eigenvalue weighted by Crippen LogP contribution is 2.47. The summed E-state index contributed by atoms with van der Waals surface area (Å²) in [5.74, 6) is 0.872. The van der Waals surface area contributed by atoms with E-state index in [1.807, 2.05) is 18.2 Å². The second-order valence-electron chi connectivity index (χ2n) is 16.4. The molecule has 3 saturated heterocycles. The van der Waals surface area contributed by atoms with E-state index in [2.05, 4.69) is 92.8 Å². The summed E-state index contributed by atoms with van der Waals surface area (Å²) in [6, 6.07) is 32.4. The van der Waals surface area contributed by atoms with Crippen LogP contribution >= 0.6 is 0 Å². The molecule has 3 atom stereocenters. The third kappa shape index (κ3) is 7.34. The zero-order valence-electron chi connectivity index (χ0n) is 31.5. The molecule has 1 aliphatic carbocycles. The molecule has 4 aromatic rings. The zero-order chi connectivity index (χ0) is 37.5. The number of fused-ring (bicyclic) bond motifs is 2. The number of carbonyl (C=O) groups excluding carboxylic acids is 3. The summed E-state index contributed by atoms with van der Waals surface area (Å²) in [5.41, 5.74) is 9.56. The van der Waals surface area contributed by atoms with Crippen LogP contribution in [0.1, 0.15) is 82.1 Å². The fourth-order valence-electron chi connectivity index (χ4n) is 9.99. The lowest BCUT2D eigenvalue weighted by Crippen LogP contribution is -2.49. The Labute approximate surface area is 323 Å². The van der Waals surface area contributed by atoms with Crippen LogP contribution < -0.4 is 15.1 Å². The topological polar surface area (TPSA) is 96.4 Å². The Morgan fingerprint density at radius 3 is 2.16 bits per heavy atom. The monoisotopic (exact) mass is 737 g/mol. The zero-order valence-corrected chi connectivity index (χ0v) is 31.5. The molecule has 4 heterocycles. The first-order chi connectivity index (χ1) is 26.9. The highest BCUT2D eigenvalue weighted by Gasteiger charge is 2.35. The number of carbonyl (C=O) groups is 3. The van der Waals surface area contributed by atoms with E-state index in [1.54, 1.807) is 4.90 Å². The predicted molar refractivity (Wildman–Crippen MR) is 215 cm³/mol. The van der Waals surface area contributed by atoms with Crippen molar-refractivity contribution < 1.29 is 19.5 Å². The summed E-state index contributed by atoms with van der Waals surface area (Å²) < 4.78 is 0. The number of nitrogens with one attached hydrogen (secondary N) is 1. The third-order valence-corrected chi connectivity index (χ3v) is 13.1. The van der Waals surface area contributed by atoms with Gasteiger partial charge in [-0.1, -0.05) is 48.5 Å². The molecule has 9 nitrogen and oxygen atoms in total. The molecule has 2 N–H and O–H groups in total. The Kier molecular flexibility index (Phi) is 9.81. The van der Waals surface area contributed by atoms with Gasteiger partial charge in [-0.05, 0) is 114 Å². The number of benzene rings is 4. The number of anilines is 2. The van der Waals surface area contributed by atoms with Crippen molar-refractivity contribution in [2.24, 2.45) is 11.8 Å². The molecule has 0 saturated carbocycles. The van der Waals surface area contributed by atoms with Gasteiger partial charge in [-0.3, -0.25) is 24.6 Å². The second kappa shape index (κ2) is 15.2. The van der Waals surface area contributed by atoms with Crippen LogP contribution in [0.15, 0.2) is 91.0 Å². The van der Waals surface area contributed by atoms with Crippen molar-refractivity contribution in [2.75, 3.05) is 62.2 Å². The van der Waals surface area contributed by atoms with Crippen LogP contribution in [0.3, 0.4) is 0 Å². The number of hydrogen-bond acceptors (Lipinski definition) is 7. The Morgan fingerprint density at radius 2 is 1.40 bits per heavy atom. The van der Waals surface area contributed by atoms with E-state index >= 15 is 0 Å². The number of hydrogen-bond donors (Lipinski definition) is 2. The number of aromatic hydroxyl groups is 1. The summed E-state index contributed by atoms with van der Waals surface area (Å²) in [5, 5.41) is 12.6. The minimum atomic E-state index is -0.334. The van der Waals surface area contributed by atoms with E-state index in [1.165, 1.54) is 40.8 Å². The van der Waals surface area contributed by atoms with Crippen molar-refractivity contribution in [2.45, 2.75) is 56.9 Å². The molecule has 0 aromatic heterocycles. The van der Waals surface area contributed by atoms with Gasteiger partial charge >= 0.3 is 0 Å². The van der Waals surface area contributed by atoms with E-state index in [-0.39, 0.29) is 29.6 Å². The quantitative estimate of drug-likeness (QED) is 0.205. The van der Waals surface area contributed by atoms with Gasteiger partial charge in [0.2, 0.25) is 11.8 Å². The van der Waals surface area contributed by atoms with Crippen molar-refractivity contribution in [1.82, 2.24) is 15.1 Å². The van der Waals surface area contributed by atoms with Gasteiger partial charge in [0, 0.05) is 88.2 Å². The number of aryl methyl sites for hydroxylation is 1. The fraction of sp³-hybridized carbons (Fsp3) is 0.413. The Morgan fingerprint density at radius 1 is 0.655 bits per heavy atom. The maximum atomic E-state index is 13.1. The molecule has 5 aliphatic rings. The van der Waals surface area contributed by atoms with E-state index < -0.39 is 0 Å². The van der Waals surface area contributed by atoms with Gasteiger partial charge < -0.3 is 19.8 Å². The van der Waals surface area contributed by atoms with Gasteiger partial charge in [0.1, 0.15) is 5.75 Å². The number of piperidine rings is 2. The predicted octanol–water partition coefficient (Wildman–Crippen LogP) is 6.30. The first kappa shape index (κ1) is 35.5. The van der Waals surface area contributed by atoms with Gasteiger partial charge in [0.25, 0.3) is 5.91 Å². The Bertz CT molecular complexity index is 2050. The third-order valence-electron chi connectivity index (χ3n) is 13.1. The summed E-state index contributed by atoms with van der Waals surface area (Å²) in [6.07, 6.45) is 5.28. The summed E-state index contributed by atoms with van der Waals surface area (Å²) in [6.45, 7) is 8.17. The number of imide groups is 1. The molecule has 9 rings (SSSR count). The number of rotatable bonds is 8. The molecule has 4 aliphatic heterocycles. The Balaban J connectivity index is 0.769. The SMILES string of the molecule is O=C1CC[C@@H](CN2Cc3cc(N4CCN(CC5CCN(c6ccc([C@@H]7c8ccc(O)cc8CC[C@@H]7c7ccccc7)cc6)CC5)CC4)ccc3C2=O)C(=O)N1. The molecule has 0 bridgehead atoms. The van der Waals surface area contributed by atoms with E-state index in [4.69, 9.17) is 0 Å². The van der Waals surface area contributed by atoms with Crippen molar-refractivity contribution in [3.8, 4) is 5.75 Å². The van der Waals surface area contributed by atoms with Gasteiger partial charge in [-0.2, -0.15) is 0 Å². The van der Waals surface area contributed by atoms with Crippen molar-refractivity contribution >= 4 is 29.1 Å². The van der Waals surface area contributed by atoms with E-state index in [9.17, 15) is 19.5 Å². The van der Waals surface area contributed by atoms with Crippen molar-refractivity contribution in [3.63, 3.8) is 0 Å². The van der Waals surface area contributed by atoms with Crippen LogP contribution in [0.5, 0.6) is 5.75 Å². The van der Waals surface area contributed by atoms with E-state index in [0.717, 1.165) is 75.5 Å². The average Bonchev–Trinajstić information content (AvgIpc) is 3.53. The van der Waals surface area contributed by atoms with E-state index in [0.29, 0.717) is 43.5 Å². The van der Waals surface area contributed by atoms with Gasteiger partial charge in [0.05, 0.1) is 5.92 Å². The smallest absolute Gasteiger partial charge is 0.254 e. The highest BCUT2D eigenvalue weighted by atomic mass is 16.3. The number of nitrogens with zero attached hydrogens (tertiary/aromatic N) is 4. The molecular weight excluding hydrogens is 687 g/mol. The lowest BCUT2D eigenvalue weighted by molar-refractivity contribution is -0.136. The molecule has 9 heteroatoms. The fourth-order valence-corrected chi connectivity index (χ4v) is 9.99. The molecule has 0 radical (unpaired) electrons. The molecule has 4 aromatic carbocycles. The normalized spacial score (nSPS) is 23.5. The van der Waals surface area contributed by atoms with Crippen LogP contribution in [-0.4, -0.2) is 85.0 Å². The van der Waals surface area contributed by atoms with Crippen molar-refractivity contribution in [1.29, 1.82) is 0 Å². The number of piperazine rings is 1. The van der Waals surface area contributed by atoms with Gasteiger partial charge in [-0.25, -0.2) is 0 Å². The number of amides is 3. The van der Waals surface area contributed by atoms with Crippen molar-refractivity contribution in [3.05, 3.63) is 124 Å². The minimum absolute atomic E-state index is 0.0238. The number of phenols is 1. The minimum Gasteiger partial charge on any atom is -0.508 e. The summed E-state index contributed by atoms with van der Waals surface area (Å²) in [4.78, 5) is 46.4. The average molecular weight is 738 g/mol. The van der Waals surface area contributed by atoms with Crippen LogP contribution in [0.25, 0.3) is 0 Å². The molecule has 0 spiro atoms.